The molecule has 0 fully saturated rings. The first-order valence-corrected chi connectivity index (χ1v) is 9.90. The lowest BCUT2D eigenvalue weighted by Gasteiger charge is -2.11. The predicted octanol–water partition coefficient (Wildman–Crippen LogP) is 2.66. The molecule has 1 aliphatic rings. The molecule has 0 spiro atoms. The Morgan fingerprint density at radius 1 is 0.893 bits per heavy atom. The summed E-state index contributed by atoms with van der Waals surface area (Å²) < 4.78 is 27.4. The van der Waals surface area contributed by atoms with E-state index in [1.54, 1.807) is 30.3 Å². The van der Waals surface area contributed by atoms with Crippen molar-refractivity contribution in [3.05, 3.63) is 83.7 Å². The predicted molar refractivity (Wildman–Crippen MR) is 103 cm³/mol. The van der Waals surface area contributed by atoms with Crippen LogP contribution >= 0.6 is 0 Å². The molecule has 1 aromatic heterocycles. The van der Waals surface area contributed by atoms with Crippen LogP contribution in [0.15, 0.2) is 71.8 Å². The van der Waals surface area contributed by atoms with E-state index < -0.39 is 21.6 Å². The molecule has 0 radical (unpaired) electrons. The molecule has 140 valence electrons. The van der Waals surface area contributed by atoms with Crippen LogP contribution in [0.1, 0.15) is 21.6 Å². The molecule has 0 saturated heterocycles. The first kappa shape index (κ1) is 18.1. The number of rotatable bonds is 4. The summed E-state index contributed by atoms with van der Waals surface area (Å²) in [7, 11) is -4.01. The number of ketones is 2. The second-order valence-electron chi connectivity index (χ2n) is 6.30. The summed E-state index contributed by atoms with van der Waals surface area (Å²) in [6.45, 7) is -0.198. The highest BCUT2D eigenvalue weighted by Gasteiger charge is 2.32. The Kier molecular flexibility index (Phi) is 4.33. The lowest BCUT2D eigenvalue weighted by molar-refractivity contribution is -0.110. The van der Waals surface area contributed by atoms with Crippen LogP contribution in [0.25, 0.3) is 17.2 Å². The monoisotopic (exact) mass is 393 g/mol. The first-order valence-electron chi connectivity index (χ1n) is 8.46. The quantitative estimate of drug-likeness (QED) is 0.688. The Labute approximate surface area is 161 Å². The van der Waals surface area contributed by atoms with Crippen LogP contribution in [-0.4, -0.2) is 29.1 Å². The number of carbonyl (C=O) groups excluding carboxylic acids is 2. The van der Waals surface area contributed by atoms with Crippen LogP contribution in [0.4, 0.5) is 0 Å². The second-order valence-corrected chi connectivity index (χ2v) is 8.11. The zero-order valence-corrected chi connectivity index (χ0v) is 15.4. The number of nitrogens with zero attached hydrogens (tertiary/aromatic N) is 1. The Morgan fingerprint density at radius 2 is 1.57 bits per heavy atom. The van der Waals surface area contributed by atoms with E-state index in [-0.39, 0.29) is 22.8 Å². The van der Waals surface area contributed by atoms with Gasteiger partial charge >= 0.3 is 0 Å². The summed E-state index contributed by atoms with van der Waals surface area (Å²) in [5, 5.41) is 9.16. The van der Waals surface area contributed by atoms with Crippen LogP contribution in [0.2, 0.25) is 0 Å². The average molecular weight is 393 g/mol. The van der Waals surface area contributed by atoms with Gasteiger partial charge in [-0.2, -0.15) is 0 Å². The molecule has 1 heterocycles. The molecule has 6 nitrogen and oxygen atoms in total. The summed E-state index contributed by atoms with van der Waals surface area (Å²) in [5.74, 6) is -1.42. The van der Waals surface area contributed by atoms with Crippen LogP contribution in [0, 0.1) is 0 Å². The molecule has 3 aromatic rings. The SMILES string of the molecule is O=C1C=Cc2c(c(-c3ccccc3)cn2S(=O)(=O)c2ccc(CO)cc2)C1=O. The van der Waals surface area contributed by atoms with Gasteiger partial charge in [-0.05, 0) is 35.4 Å². The second kappa shape index (κ2) is 6.70. The van der Waals surface area contributed by atoms with Gasteiger partial charge in [-0.25, -0.2) is 12.4 Å². The number of benzene rings is 2. The molecule has 4 rings (SSSR count). The summed E-state index contributed by atoms with van der Waals surface area (Å²) in [6, 6.07) is 14.7. The third kappa shape index (κ3) is 2.81. The van der Waals surface area contributed by atoms with E-state index in [1.165, 1.54) is 36.5 Å². The first-order chi connectivity index (χ1) is 13.4. The van der Waals surface area contributed by atoms with E-state index >= 15 is 0 Å². The fourth-order valence-electron chi connectivity index (χ4n) is 3.16. The van der Waals surface area contributed by atoms with Crippen molar-refractivity contribution < 1.29 is 23.1 Å². The Morgan fingerprint density at radius 3 is 2.21 bits per heavy atom. The maximum Gasteiger partial charge on any atom is 0.268 e. The maximum atomic E-state index is 13.2. The van der Waals surface area contributed by atoms with Gasteiger partial charge in [-0.1, -0.05) is 42.5 Å². The third-order valence-corrected chi connectivity index (χ3v) is 6.29. The Bertz CT molecular complexity index is 1220. The number of carbonyl (C=O) groups is 2. The van der Waals surface area contributed by atoms with Crippen LogP contribution in [0.3, 0.4) is 0 Å². The molecule has 1 N–H and O–H groups in total. The molecule has 0 bridgehead atoms. The van der Waals surface area contributed by atoms with Crippen molar-refractivity contribution in [1.29, 1.82) is 0 Å². The van der Waals surface area contributed by atoms with Crippen molar-refractivity contribution in [3.63, 3.8) is 0 Å². The molecule has 28 heavy (non-hydrogen) atoms. The van der Waals surface area contributed by atoms with Gasteiger partial charge < -0.3 is 5.11 Å². The Hall–Kier alpha value is -3.29. The number of allylic oxidation sites excluding steroid dienone is 1. The van der Waals surface area contributed by atoms with Gasteiger partial charge in [-0.3, -0.25) is 9.59 Å². The number of aliphatic hydroxyl groups is 1. The maximum absolute atomic E-state index is 13.2. The van der Waals surface area contributed by atoms with E-state index in [0.29, 0.717) is 16.7 Å². The molecule has 2 aromatic carbocycles. The van der Waals surface area contributed by atoms with Gasteiger partial charge in [0, 0.05) is 11.8 Å². The molecular formula is C21H15NO5S. The molecular weight excluding hydrogens is 378 g/mol. The number of fused-ring (bicyclic) bond motifs is 1. The molecule has 0 unspecified atom stereocenters. The number of hydrogen-bond acceptors (Lipinski definition) is 5. The molecule has 0 aliphatic heterocycles. The van der Waals surface area contributed by atoms with Crippen molar-refractivity contribution in [2.45, 2.75) is 11.5 Å². The highest BCUT2D eigenvalue weighted by molar-refractivity contribution is 7.90. The fraction of sp³-hybridized carbons (Fsp3) is 0.0476. The molecule has 1 aliphatic carbocycles. The van der Waals surface area contributed by atoms with Gasteiger partial charge in [0.15, 0.2) is 0 Å². The highest BCUT2D eigenvalue weighted by Crippen LogP contribution is 2.34. The van der Waals surface area contributed by atoms with E-state index in [1.807, 2.05) is 0 Å². The smallest absolute Gasteiger partial charge is 0.268 e. The van der Waals surface area contributed by atoms with Crippen LogP contribution in [-0.2, 0) is 21.4 Å². The molecule has 0 atom stereocenters. The van der Waals surface area contributed by atoms with Crippen LogP contribution in [0.5, 0.6) is 0 Å². The average Bonchev–Trinajstić information content (AvgIpc) is 3.12. The van der Waals surface area contributed by atoms with Crippen molar-refractivity contribution in [2.75, 3.05) is 0 Å². The Balaban J connectivity index is 1.96. The van der Waals surface area contributed by atoms with Gasteiger partial charge in [0.2, 0.25) is 11.6 Å². The van der Waals surface area contributed by atoms with E-state index in [0.717, 1.165) is 10.0 Å². The van der Waals surface area contributed by atoms with Gasteiger partial charge in [0.25, 0.3) is 10.0 Å². The molecule has 0 saturated carbocycles. The zero-order chi connectivity index (χ0) is 19.9. The summed E-state index contributed by atoms with van der Waals surface area (Å²) >= 11 is 0. The number of aromatic nitrogens is 1. The van der Waals surface area contributed by atoms with E-state index in [9.17, 15) is 18.0 Å². The van der Waals surface area contributed by atoms with Crippen LogP contribution < -0.4 is 0 Å². The van der Waals surface area contributed by atoms with Crippen molar-refractivity contribution >= 4 is 27.7 Å². The van der Waals surface area contributed by atoms with Crippen molar-refractivity contribution in [3.8, 4) is 11.1 Å². The highest BCUT2D eigenvalue weighted by atomic mass is 32.2. The van der Waals surface area contributed by atoms with Gasteiger partial charge in [0.1, 0.15) is 0 Å². The third-order valence-electron chi connectivity index (χ3n) is 4.60. The number of aliphatic hydroxyl groups excluding tert-OH is 1. The minimum Gasteiger partial charge on any atom is -0.392 e. The molecule has 7 heteroatoms. The summed E-state index contributed by atoms with van der Waals surface area (Å²) in [5.41, 5.74) is 1.83. The number of hydrogen-bond donors (Lipinski definition) is 1. The number of Topliss-reactive ketones (excluding diaryl/α,β-unsaturated/α-hetero) is 1. The lowest BCUT2D eigenvalue weighted by Crippen LogP contribution is -2.20. The minimum atomic E-state index is -4.01. The van der Waals surface area contributed by atoms with E-state index in [4.69, 9.17) is 5.11 Å². The van der Waals surface area contributed by atoms with E-state index in [2.05, 4.69) is 0 Å². The lowest BCUT2D eigenvalue weighted by atomic mass is 9.94. The largest absolute Gasteiger partial charge is 0.392 e. The minimum absolute atomic E-state index is 0.0138. The molecule has 0 amide bonds. The van der Waals surface area contributed by atoms with Gasteiger partial charge in [-0.15, -0.1) is 0 Å². The fourth-order valence-corrected chi connectivity index (χ4v) is 4.53. The standard InChI is InChI=1S/C21H15NO5S/c23-13-14-6-8-16(9-7-14)28(26,27)22-12-17(15-4-2-1-3-5-15)20-18(22)10-11-19(24)21(20)25/h1-12,23H,13H2. The van der Waals surface area contributed by atoms with Crippen molar-refractivity contribution in [2.24, 2.45) is 0 Å². The normalized spacial score (nSPS) is 13.6. The van der Waals surface area contributed by atoms with Gasteiger partial charge in [0.05, 0.1) is 22.8 Å². The summed E-state index contributed by atoms with van der Waals surface area (Å²) in [4.78, 5) is 24.5. The topological polar surface area (TPSA) is 93.4 Å². The zero-order valence-electron chi connectivity index (χ0n) is 14.6. The summed E-state index contributed by atoms with van der Waals surface area (Å²) in [6.07, 6.45) is 3.81. The van der Waals surface area contributed by atoms with Crippen molar-refractivity contribution in [1.82, 2.24) is 3.97 Å².